The van der Waals surface area contributed by atoms with E-state index in [0.29, 0.717) is 23.3 Å². The highest BCUT2D eigenvalue weighted by Gasteiger charge is 2.12. The lowest BCUT2D eigenvalue weighted by Gasteiger charge is -2.01. The van der Waals surface area contributed by atoms with Crippen LogP contribution < -0.4 is 5.32 Å². The van der Waals surface area contributed by atoms with Gasteiger partial charge in [0.05, 0.1) is 17.1 Å². The molecule has 0 saturated carbocycles. The van der Waals surface area contributed by atoms with E-state index in [2.05, 4.69) is 15.5 Å². The summed E-state index contributed by atoms with van der Waals surface area (Å²) in [5.41, 5.74) is 1.77. The molecule has 4 nitrogen and oxygen atoms in total. The summed E-state index contributed by atoms with van der Waals surface area (Å²) in [7, 11) is 1.82. The minimum absolute atomic E-state index is 0.457. The van der Waals surface area contributed by atoms with Crippen LogP contribution in [0, 0.1) is 6.92 Å². The van der Waals surface area contributed by atoms with Crippen molar-refractivity contribution in [3.05, 3.63) is 34.7 Å². The van der Waals surface area contributed by atoms with Gasteiger partial charge in [-0.2, -0.15) is 0 Å². The molecular formula is C11H12ClN3O. The number of hydrogen-bond acceptors (Lipinski definition) is 4. The first kappa shape index (κ1) is 11.1. The van der Waals surface area contributed by atoms with Crippen LogP contribution in [0.5, 0.6) is 0 Å². The third-order valence-corrected chi connectivity index (χ3v) is 2.72. The topological polar surface area (TPSA) is 51.0 Å². The fourth-order valence-corrected chi connectivity index (χ4v) is 1.60. The van der Waals surface area contributed by atoms with Gasteiger partial charge in [-0.3, -0.25) is 0 Å². The molecule has 1 heterocycles. The van der Waals surface area contributed by atoms with Gasteiger partial charge in [-0.15, -0.1) is 10.2 Å². The number of rotatable bonds is 3. The molecule has 0 unspecified atom stereocenters. The van der Waals surface area contributed by atoms with Gasteiger partial charge in [0.15, 0.2) is 0 Å². The van der Waals surface area contributed by atoms with Gasteiger partial charge in [-0.05, 0) is 25.6 Å². The second-order valence-corrected chi connectivity index (χ2v) is 3.85. The summed E-state index contributed by atoms with van der Waals surface area (Å²) in [6.45, 7) is 2.49. The van der Waals surface area contributed by atoms with E-state index in [9.17, 15) is 0 Å². The highest BCUT2D eigenvalue weighted by Crippen LogP contribution is 2.29. The first-order chi connectivity index (χ1) is 7.72. The summed E-state index contributed by atoms with van der Waals surface area (Å²) >= 11 is 6.17. The van der Waals surface area contributed by atoms with Crippen LogP contribution in [0.25, 0.3) is 11.5 Å². The number of nitrogens with zero attached hydrogens (tertiary/aromatic N) is 2. The van der Waals surface area contributed by atoms with E-state index >= 15 is 0 Å². The third kappa shape index (κ3) is 2.08. The fourth-order valence-electron chi connectivity index (χ4n) is 1.40. The van der Waals surface area contributed by atoms with Crippen molar-refractivity contribution in [3.63, 3.8) is 0 Å². The fraction of sp³-hybridized carbons (Fsp3) is 0.273. The Balaban J connectivity index is 2.39. The van der Waals surface area contributed by atoms with Crippen molar-refractivity contribution in [1.29, 1.82) is 0 Å². The highest BCUT2D eigenvalue weighted by molar-refractivity contribution is 6.33. The predicted octanol–water partition coefficient (Wildman–Crippen LogP) is 2.42. The number of halogens is 1. The Morgan fingerprint density at radius 1 is 1.38 bits per heavy atom. The van der Waals surface area contributed by atoms with E-state index in [0.717, 1.165) is 11.1 Å². The monoisotopic (exact) mass is 237 g/mol. The Kier molecular flexibility index (Phi) is 3.22. The average molecular weight is 238 g/mol. The summed E-state index contributed by atoms with van der Waals surface area (Å²) < 4.78 is 5.48. The van der Waals surface area contributed by atoms with Crippen LogP contribution in [-0.2, 0) is 6.54 Å². The van der Waals surface area contributed by atoms with Crippen LogP contribution in [0.15, 0.2) is 22.6 Å². The molecule has 0 fully saturated rings. The number of nitrogens with one attached hydrogen (secondary N) is 1. The van der Waals surface area contributed by atoms with Crippen molar-refractivity contribution in [3.8, 4) is 11.5 Å². The maximum absolute atomic E-state index is 6.17. The SMILES string of the molecule is CNCc1nnc(-c2cccc(C)c2Cl)o1. The molecule has 5 heteroatoms. The van der Waals surface area contributed by atoms with E-state index in [-0.39, 0.29) is 0 Å². The molecule has 0 saturated heterocycles. The van der Waals surface area contributed by atoms with Crippen molar-refractivity contribution in [2.24, 2.45) is 0 Å². The lowest BCUT2D eigenvalue weighted by Crippen LogP contribution is -2.04. The van der Waals surface area contributed by atoms with Gasteiger partial charge in [0.1, 0.15) is 0 Å². The quantitative estimate of drug-likeness (QED) is 0.891. The maximum atomic E-state index is 6.17. The molecule has 0 atom stereocenters. The summed E-state index contributed by atoms with van der Waals surface area (Å²) in [6.07, 6.45) is 0. The molecule has 16 heavy (non-hydrogen) atoms. The third-order valence-electron chi connectivity index (χ3n) is 2.22. The first-order valence-electron chi connectivity index (χ1n) is 4.95. The molecule has 2 aromatic rings. The van der Waals surface area contributed by atoms with Crippen LogP contribution in [0.2, 0.25) is 5.02 Å². The molecule has 0 amide bonds. The average Bonchev–Trinajstić information content (AvgIpc) is 2.71. The number of benzene rings is 1. The van der Waals surface area contributed by atoms with Crippen molar-refractivity contribution < 1.29 is 4.42 Å². The summed E-state index contributed by atoms with van der Waals surface area (Å²) in [6, 6.07) is 5.72. The first-order valence-corrected chi connectivity index (χ1v) is 5.32. The van der Waals surface area contributed by atoms with E-state index in [1.807, 2.05) is 32.2 Å². The predicted molar refractivity (Wildman–Crippen MR) is 62.2 cm³/mol. The van der Waals surface area contributed by atoms with Crippen molar-refractivity contribution in [1.82, 2.24) is 15.5 Å². The molecule has 84 valence electrons. The zero-order chi connectivity index (χ0) is 11.5. The Morgan fingerprint density at radius 2 is 2.19 bits per heavy atom. The molecule has 0 aliphatic heterocycles. The zero-order valence-electron chi connectivity index (χ0n) is 9.12. The van der Waals surface area contributed by atoms with Gasteiger partial charge < -0.3 is 9.73 Å². The minimum atomic E-state index is 0.457. The second-order valence-electron chi connectivity index (χ2n) is 3.47. The second kappa shape index (κ2) is 4.63. The smallest absolute Gasteiger partial charge is 0.249 e. The van der Waals surface area contributed by atoms with Crippen LogP contribution in [0.4, 0.5) is 0 Å². The standard InChI is InChI=1S/C11H12ClN3O/c1-7-4-3-5-8(10(7)12)11-15-14-9(16-11)6-13-2/h3-5,13H,6H2,1-2H3. The van der Waals surface area contributed by atoms with Gasteiger partial charge in [0, 0.05) is 0 Å². The number of aryl methyl sites for hydroxylation is 1. The van der Waals surface area contributed by atoms with Gasteiger partial charge in [-0.1, -0.05) is 23.7 Å². The van der Waals surface area contributed by atoms with Crippen LogP contribution in [-0.4, -0.2) is 17.2 Å². The van der Waals surface area contributed by atoms with Crippen LogP contribution in [0.3, 0.4) is 0 Å². The summed E-state index contributed by atoms with van der Waals surface area (Å²) in [5.74, 6) is 1.01. The molecule has 0 radical (unpaired) electrons. The van der Waals surface area contributed by atoms with Crippen molar-refractivity contribution in [2.45, 2.75) is 13.5 Å². The highest BCUT2D eigenvalue weighted by atomic mass is 35.5. The normalized spacial score (nSPS) is 10.7. The molecular weight excluding hydrogens is 226 g/mol. The lowest BCUT2D eigenvalue weighted by molar-refractivity contribution is 0.490. The Labute approximate surface area is 98.6 Å². The minimum Gasteiger partial charge on any atom is -0.419 e. The molecule has 0 aliphatic carbocycles. The van der Waals surface area contributed by atoms with Crippen molar-refractivity contribution >= 4 is 11.6 Å². The lowest BCUT2D eigenvalue weighted by atomic mass is 10.1. The number of hydrogen-bond donors (Lipinski definition) is 1. The van der Waals surface area contributed by atoms with Gasteiger partial charge in [0.25, 0.3) is 0 Å². The van der Waals surface area contributed by atoms with Gasteiger partial charge in [0.2, 0.25) is 11.8 Å². The van der Waals surface area contributed by atoms with Gasteiger partial charge in [-0.25, -0.2) is 0 Å². The Morgan fingerprint density at radius 3 is 2.94 bits per heavy atom. The van der Waals surface area contributed by atoms with Gasteiger partial charge >= 0.3 is 0 Å². The van der Waals surface area contributed by atoms with Crippen LogP contribution >= 0.6 is 11.6 Å². The van der Waals surface area contributed by atoms with E-state index in [1.54, 1.807) is 0 Å². The molecule has 1 N–H and O–H groups in total. The van der Waals surface area contributed by atoms with E-state index in [1.165, 1.54) is 0 Å². The number of aromatic nitrogens is 2. The molecule has 0 bridgehead atoms. The molecule has 0 spiro atoms. The summed E-state index contributed by atoms with van der Waals surface area (Å²) in [5, 5.41) is 11.5. The molecule has 0 aliphatic rings. The molecule has 2 rings (SSSR count). The van der Waals surface area contributed by atoms with E-state index in [4.69, 9.17) is 16.0 Å². The van der Waals surface area contributed by atoms with E-state index < -0.39 is 0 Å². The van der Waals surface area contributed by atoms with Crippen LogP contribution in [0.1, 0.15) is 11.5 Å². The molecule has 1 aromatic heterocycles. The Bertz CT molecular complexity index is 496. The molecule has 1 aromatic carbocycles. The summed E-state index contributed by atoms with van der Waals surface area (Å²) in [4.78, 5) is 0. The maximum Gasteiger partial charge on any atom is 0.249 e. The van der Waals surface area contributed by atoms with Crippen molar-refractivity contribution in [2.75, 3.05) is 7.05 Å². The largest absolute Gasteiger partial charge is 0.419 e. The Hall–Kier alpha value is -1.39. The zero-order valence-corrected chi connectivity index (χ0v) is 9.88.